The van der Waals surface area contributed by atoms with E-state index in [2.05, 4.69) is 11.4 Å². The van der Waals surface area contributed by atoms with E-state index < -0.39 is 18.0 Å². The summed E-state index contributed by atoms with van der Waals surface area (Å²) < 4.78 is 26.3. The predicted octanol–water partition coefficient (Wildman–Crippen LogP) is 6.70. The number of nitrogens with zero attached hydrogens (tertiary/aromatic N) is 1. The maximum atomic E-state index is 15.1. The van der Waals surface area contributed by atoms with E-state index in [1.54, 1.807) is 12.1 Å². The number of hydrogen-bond donors (Lipinski definition) is 1. The van der Waals surface area contributed by atoms with Gasteiger partial charge in [-0.3, -0.25) is 9.69 Å². The molecular weight excluding hydrogens is 495 g/mol. The summed E-state index contributed by atoms with van der Waals surface area (Å²) in [5.41, 5.74) is 5.15. The Morgan fingerprint density at radius 1 is 1.00 bits per heavy atom. The second-order valence-corrected chi connectivity index (χ2v) is 9.83. The van der Waals surface area contributed by atoms with Crippen molar-refractivity contribution >= 4 is 17.7 Å². The van der Waals surface area contributed by atoms with Crippen LogP contribution in [0.1, 0.15) is 30.2 Å². The summed E-state index contributed by atoms with van der Waals surface area (Å²) in [6.45, 7) is 3.88. The molecule has 4 aromatic rings. The highest BCUT2D eigenvalue weighted by molar-refractivity contribution is 5.90. The summed E-state index contributed by atoms with van der Waals surface area (Å²) in [6.07, 6.45) is 1.78. The number of carbonyl (C=O) groups excluding carboxylic acids is 2. The number of hydrogen-bond acceptors (Lipinski definition) is 4. The number of rotatable bonds is 9. The standard InChI is InChI=1S/C32H31FN2O4/c1-21-26(17-31(38-21)25-8-4-3-5-9-25)10-6-7-23-11-13-24(14-12-23)29-16-15-27(18-30(29)33)35-20-28(39-32(35)37)19-34-22(2)36/h3-5,8-9,11-18,28H,6-7,10,19-20H2,1-2H3,(H,34,36)/t28-/m0/s1. The van der Waals surface area contributed by atoms with Crippen molar-refractivity contribution in [1.82, 2.24) is 5.32 Å². The molecule has 1 aliphatic rings. The molecule has 2 amide bonds. The molecule has 1 fully saturated rings. The topological polar surface area (TPSA) is 71.8 Å². The van der Waals surface area contributed by atoms with Gasteiger partial charge in [0.2, 0.25) is 5.91 Å². The number of aryl methyl sites for hydroxylation is 3. The molecule has 1 saturated heterocycles. The van der Waals surface area contributed by atoms with Crippen LogP contribution in [0.2, 0.25) is 0 Å². The van der Waals surface area contributed by atoms with Gasteiger partial charge >= 0.3 is 6.09 Å². The number of ether oxygens (including phenoxy) is 1. The minimum absolute atomic E-state index is 0.198. The first kappa shape index (κ1) is 26.2. The first-order valence-corrected chi connectivity index (χ1v) is 13.1. The minimum atomic E-state index is -0.552. The van der Waals surface area contributed by atoms with Crippen LogP contribution in [0.4, 0.5) is 14.9 Å². The zero-order valence-electron chi connectivity index (χ0n) is 22.1. The van der Waals surface area contributed by atoms with Gasteiger partial charge in [0.05, 0.1) is 18.8 Å². The fourth-order valence-corrected chi connectivity index (χ4v) is 4.85. The normalized spacial score (nSPS) is 14.9. The van der Waals surface area contributed by atoms with E-state index in [1.165, 1.54) is 29.0 Å². The van der Waals surface area contributed by atoms with Crippen molar-refractivity contribution < 1.29 is 23.1 Å². The van der Waals surface area contributed by atoms with Crippen LogP contribution in [0.3, 0.4) is 0 Å². The third-order valence-electron chi connectivity index (χ3n) is 6.97. The van der Waals surface area contributed by atoms with Crippen LogP contribution in [0.15, 0.2) is 83.3 Å². The molecule has 1 atom stereocenters. The molecule has 0 radical (unpaired) electrons. The number of anilines is 1. The van der Waals surface area contributed by atoms with Crippen LogP contribution in [-0.4, -0.2) is 31.2 Å². The zero-order chi connectivity index (χ0) is 27.4. The highest BCUT2D eigenvalue weighted by atomic mass is 19.1. The SMILES string of the molecule is CC(=O)NC[C@H]1CN(c2ccc(-c3ccc(CCCc4cc(-c5ccccc5)oc4C)cc3)c(F)c2)C(=O)O1. The lowest BCUT2D eigenvalue weighted by atomic mass is 9.99. The molecule has 1 aromatic heterocycles. The van der Waals surface area contributed by atoms with Gasteiger partial charge in [-0.25, -0.2) is 9.18 Å². The predicted molar refractivity (Wildman–Crippen MR) is 149 cm³/mol. The van der Waals surface area contributed by atoms with Gasteiger partial charge < -0.3 is 14.5 Å². The second-order valence-electron chi connectivity index (χ2n) is 9.83. The lowest BCUT2D eigenvalue weighted by Crippen LogP contribution is -2.33. The van der Waals surface area contributed by atoms with E-state index >= 15 is 4.39 Å². The van der Waals surface area contributed by atoms with Crippen LogP contribution >= 0.6 is 0 Å². The van der Waals surface area contributed by atoms with Crippen LogP contribution in [-0.2, 0) is 22.4 Å². The zero-order valence-corrected chi connectivity index (χ0v) is 22.1. The number of halogens is 1. The van der Waals surface area contributed by atoms with Gasteiger partial charge in [-0.05, 0) is 67.1 Å². The van der Waals surface area contributed by atoms with Gasteiger partial charge in [-0.15, -0.1) is 0 Å². The van der Waals surface area contributed by atoms with Crippen LogP contribution in [0.25, 0.3) is 22.5 Å². The van der Waals surface area contributed by atoms with Gasteiger partial charge in [0.1, 0.15) is 23.4 Å². The number of benzene rings is 3. The molecule has 6 nitrogen and oxygen atoms in total. The van der Waals surface area contributed by atoms with Crippen molar-refractivity contribution in [2.45, 2.75) is 39.2 Å². The van der Waals surface area contributed by atoms with Gasteiger partial charge in [0.25, 0.3) is 0 Å². The van der Waals surface area contributed by atoms with Crippen molar-refractivity contribution in [3.05, 3.63) is 102 Å². The monoisotopic (exact) mass is 526 g/mol. The van der Waals surface area contributed by atoms with Crippen molar-refractivity contribution in [2.75, 3.05) is 18.0 Å². The maximum absolute atomic E-state index is 15.1. The van der Waals surface area contributed by atoms with E-state index in [1.807, 2.05) is 61.5 Å². The Kier molecular flexibility index (Phi) is 7.77. The Morgan fingerprint density at radius 2 is 1.77 bits per heavy atom. The summed E-state index contributed by atoms with van der Waals surface area (Å²) in [4.78, 5) is 24.8. The number of cyclic esters (lactones) is 1. The average molecular weight is 527 g/mol. The van der Waals surface area contributed by atoms with Crippen molar-refractivity contribution in [3.63, 3.8) is 0 Å². The summed E-state index contributed by atoms with van der Waals surface area (Å²) in [6, 6.07) is 24.9. The summed E-state index contributed by atoms with van der Waals surface area (Å²) in [7, 11) is 0. The van der Waals surface area contributed by atoms with Crippen LogP contribution in [0.5, 0.6) is 0 Å². The molecule has 2 heterocycles. The molecule has 5 rings (SSSR count). The Labute approximate surface area is 227 Å². The molecule has 1 aliphatic heterocycles. The second kappa shape index (κ2) is 11.6. The molecule has 3 aromatic carbocycles. The fraction of sp³-hybridized carbons (Fsp3) is 0.250. The largest absolute Gasteiger partial charge is 0.461 e. The van der Waals surface area contributed by atoms with Crippen LogP contribution in [0, 0.1) is 12.7 Å². The molecule has 7 heteroatoms. The average Bonchev–Trinajstić information content (AvgIpc) is 3.50. The van der Waals surface area contributed by atoms with Gasteiger partial charge in [0.15, 0.2) is 0 Å². The highest BCUT2D eigenvalue weighted by Crippen LogP contribution is 2.30. The first-order chi connectivity index (χ1) is 18.9. The number of furan rings is 1. The molecular formula is C32H31FN2O4. The lowest BCUT2D eigenvalue weighted by molar-refractivity contribution is -0.119. The third kappa shape index (κ3) is 6.20. The van der Waals surface area contributed by atoms with E-state index in [0.717, 1.165) is 41.9 Å². The molecule has 0 unspecified atom stereocenters. The Balaban J connectivity index is 1.18. The highest BCUT2D eigenvalue weighted by Gasteiger charge is 2.32. The maximum Gasteiger partial charge on any atom is 0.414 e. The number of amides is 2. The first-order valence-electron chi connectivity index (χ1n) is 13.1. The van der Waals surface area contributed by atoms with E-state index in [-0.39, 0.29) is 19.0 Å². The molecule has 0 bridgehead atoms. The third-order valence-corrected chi connectivity index (χ3v) is 6.97. The minimum Gasteiger partial charge on any atom is -0.461 e. The number of nitrogens with one attached hydrogen (secondary N) is 1. The molecule has 200 valence electrons. The molecule has 1 N–H and O–H groups in total. The number of carbonyl (C=O) groups is 2. The van der Waals surface area contributed by atoms with Crippen molar-refractivity contribution in [1.29, 1.82) is 0 Å². The van der Waals surface area contributed by atoms with Gasteiger partial charge in [0, 0.05) is 18.1 Å². The molecule has 0 aliphatic carbocycles. The van der Waals surface area contributed by atoms with Gasteiger partial charge in [-0.1, -0.05) is 54.6 Å². The van der Waals surface area contributed by atoms with Crippen molar-refractivity contribution in [2.24, 2.45) is 0 Å². The van der Waals surface area contributed by atoms with E-state index in [0.29, 0.717) is 11.3 Å². The molecule has 39 heavy (non-hydrogen) atoms. The Hall–Kier alpha value is -4.39. The summed E-state index contributed by atoms with van der Waals surface area (Å²) >= 11 is 0. The van der Waals surface area contributed by atoms with E-state index in [9.17, 15) is 9.59 Å². The summed E-state index contributed by atoms with van der Waals surface area (Å²) in [5.74, 6) is 1.24. The molecule has 0 spiro atoms. The van der Waals surface area contributed by atoms with Crippen molar-refractivity contribution in [3.8, 4) is 22.5 Å². The Bertz CT molecular complexity index is 1460. The quantitative estimate of drug-likeness (QED) is 0.264. The fourth-order valence-electron chi connectivity index (χ4n) is 4.85. The smallest absolute Gasteiger partial charge is 0.414 e. The lowest BCUT2D eigenvalue weighted by Gasteiger charge is -2.14. The summed E-state index contributed by atoms with van der Waals surface area (Å²) in [5, 5.41) is 2.64. The van der Waals surface area contributed by atoms with Crippen LogP contribution < -0.4 is 10.2 Å². The molecule has 0 saturated carbocycles. The Morgan fingerprint density at radius 3 is 2.49 bits per heavy atom. The van der Waals surface area contributed by atoms with Gasteiger partial charge in [-0.2, -0.15) is 0 Å². The van der Waals surface area contributed by atoms with E-state index in [4.69, 9.17) is 9.15 Å².